The molecule has 0 aliphatic carbocycles. The molecule has 2 rings (SSSR count). The number of hydrogen-bond donors (Lipinski definition) is 1. The second-order valence-corrected chi connectivity index (χ2v) is 4.93. The van der Waals surface area contributed by atoms with E-state index in [4.69, 9.17) is 10.5 Å². The Kier molecular flexibility index (Phi) is 4.69. The molecule has 18 heavy (non-hydrogen) atoms. The Hall–Kier alpha value is -0.970. The molecule has 0 radical (unpaired) electrons. The first kappa shape index (κ1) is 13.5. The van der Waals surface area contributed by atoms with Crippen molar-refractivity contribution < 1.29 is 4.74 Å². The van der Waals surface area contributed by atoms with E-state index in [0.29, 0.717) is 6.04 Å². The Morgan fingerprint density at radius 1 is 1.56 bits per heavy atom. The molecule has 1 fully saturated rings. The first-order valence-electron chi connectivity index (χ1n) is 6.74. The van der Waals surface area contributed by atoms with Gasteiger partial charge in [-0.3, -0.25) is 9.88 Å². The van der Waals surface area contributed by atoms with Gasteiger partial charge in [0, 0.05) is 24.8 Å². The lowest BCUT2D eigenvalue weighted by Crippen LogP contribution is -2.51. The number of hydrogen-bond acceptors (Lipinski definition) is 4. The molecule has 0 bridgehead atoms. The van der Waals surface area contributed by atoms with Crippen molar-refractivity contribution in [2.75, 3.05) is 19.8 Å². The topological polar surface area (TPSA) is 51.4 Å². The van der Waals surface area contributed by atoms with Crippen LogP contribution in [0.1, 0.15) is 32.0 Å². The summed E-state index contributed by atoms with van der Waals surface area (Å²) in [5.41, 5.74) is 7.39. The summed E-state index contributed by atoms with van der Waals surface area (Å²) in [6.07, 6.45) is 2.79. The minimum Gasteiger partial charge on any atom is -0.379 e. The maximum absolute atomic E-state index is 6.32. The summed E-state index contributed by atoms with van der Waals surface area (Å²) in [7, 11) is 0. The van der Waals surface area contributed by atoms with Gasteiger partial charge in [0.15, 0.2) is 0 Å². The Morgan fingerprint density at radius 2 is 2.39 bits per heavy atom. The number of ether oxygens (including phenoxy) is 1. The van der Waals surface area contributed by atoms with Gasteiger partial charge >= 0.3 is 0 Å². The number of aromatic nitrogens is 1. The number of nitrogens with zero attached hydrogens (tertiary/aromatic N) is 2. The number of nitrogens with two attached hydrogens (primary N) is 1. The summed E-state index contributed by atoms with van der Waals surface area (Å²) < 4.78 is 5.51. The van der Waals surface area contributed by atoms with Crippen molar-refractivity contribution in [2.24, 2.45) is 5.73 Å². The van der Waals surface area contributed by atoms with Crippen LogP contribution in [0.3, 0.4) is 0 Å². The summed E-state index contributed by atoms with van der Waals surface area (Å²) in [5, 5.41) is 0. The summed E-state index contributed by atoms with van der Waals surface area (Å²) in [6.45, 7) is 6.81. The molecule has 1 aromatic heterocycles. The van der Waals surface area contributed by atoms with E-state index in [9.17, 15) is 0 Å². The predicted octanol–water partition coefficient (Wildman–Crippen LogP) is 1.58. The first-order valence-corrected chi connectivity index (χ1v) is 6.74. The predicted molar refractivity (Wildman–Crippen MR) is 72.2 cm³/mol. The van der Waals surface area contributed by atoms with Gasteiger partial charge in [0.1, 0.15) is 0 Å². The van der Waals surface area contributed by atoms with Crippen LogP contribution in [0.25, 0.3) is 0 Å². The van der Waals surface area contributed by atoms with Crippen molar-refractivity contribution in [3.05, 3.63) is 30.1 Å². The lowest BCUT2D eigenvalue weighted by Gasteiger charge is -2.41. The van der Waals surface area contributed by atoms with Crippen molar-refractivity contribution in [1.29, 1.82) is 0 Å². The van der Waals surface area contributed by atoms with Gasteiger partial charge in [0.2, 0.25) is 0 Å². The SMILES string of the molecule is CCC(N)C(c1ccccn1)N1CCOCC1C. The second-order valence-electron chi connectivity index (χ2n) is 4.93. The van der Waals surface area contributed by atoms with E-state index in [1.54, 1.807) is 0 Å². The van der Waals surface area contributed by atoms with Gasteiger partial charge in [-0.05, 0) is 25.5 Å². The van der Waals surface area contributed by atoms with Gasteiger partial charge in [-0.15, -0.1) is 0 Å². The molecule has 0 spiro atoms. The van der Waals surface area contributed by atoms with Crippen LogP contribution in [0, 0.1) is 0 Å². The van der Waals surface area contributed by atoms with Gasteiger partial charge in [-0.1, -0.05) is 13.0 Å². The van der Waals surface area contributed by atoms with E-state index < -0.39 is 0 Å². The maximum atomic E-state index is 6.32. The van der Waals surface area contributed by atoms with E-state index in [1.165, 1.54) is 0 Å². The lowest BCUT2D eigenvalue weighted by molar-refractivity contribution is -0.0291. The third kappa shape index (κ3) is 2.88. The smallest absolute Gasteiger partial charge is 0.0677 e. The molecule has 4 heteroatoms. The molecule has 100 valence electrons. The van der Waals surface area contributed by atoms with Crippen LogP contribution >= 0.6 is 0 Å². The Morgan fingerprint density at radius 3 is 3.00 bits per heavy atom. The molecule has 2 N–H and O–H groups in total. The average Bonchev–Trinajstić information content (AvgIpc) is 2.42. The zero-order chi connectivity index (χ0) is 13.0. The molecule has 1 aliphatic heterocycles. The molecular formula is C14H23N3O. The molecule has 4 nitrogen and oxygen atoms in total. The summed E-state index contributed by atoms with van der Waals surface area (Å²) in [6, 6.07) is 6.74. The molecule has 2 heterocycles. The minimum absolute atomic E-state index is 0.112. The Labute approximate surface area is 109 Å². The van der Waals surface area contributed by atoms with Crippen molar-refractivity contribution in [1.82, 2.24) is 9.88 Å². The zero-order valence-corrected chi connectivity index (χ0v) is 11.2. The highest BCUT2D eigenvalue weighted by atomic mass is 16.5. The first-order chi connectivity index (χ1) is 8.74. The molecule has 3 atom stereocenters. The Bertz CT molecular complexity index is 357. The largest absolute Gasteiger partial charge is 0.379 e. The van der Waals surface area contributed by atoms with E-state index in [1.807, 2.05) is 18.3 Å². The van der Waals surface area contributed by atoms with Crippen molar-refractivity contribution in [2.45, 2.75) is 38.4 Å². The van der Waals surface area contributed by atoms with Crippen molar-refractivity contribution in [3.63, 3.8) is 0 Å². The fourth-order valence-corrected chi connectivity index (χ4v) is 2.56. The van der Waals surface area contributed by atoms with Crippen LogP contribution in [0.15, 0.2) is 24.4 Å². The zero-order valence-electron chi connectivity index (χ0n) is 11.2. The monoisotopic (exact) mass is 249 g/mol. The molecule has 1 saturated heterocycles. The fraction of sp³-hybridized carbons (Fsp3) is 0.643. The summed E-state index contributed by atoms with van der Waals surface area (Å²) in [5.74, 6) is 0. The maximum Gasteiger partial charge on any atom is 0.0677 e. The quantitative estimate of drug-likeness (QED) is 0.880. The number of rotatable bonds is 4. The van der Waals surface area contributed by atoms with Crippen molar-refractivity contribution in [3.8, 4) is 0 Å². The highest BCUT2D eigenvalue weighted by Gasteiger charge is 2.31. The van der Waals surface area contributed by atoms with Crippen LogP contribution in [-0.2, 0) is 4.74 Å². The number of pyridine rings is 1. The van der Waals surface area contributed by atoms with Gasteiger partial charge in [0.05, 0.1) is 24.9 Å². The average molecular weight is 249 g/mol. The van der Waals surface area contributed by atoms with Crippen LogP contribution in [0.2, 0.25) is 0 Å². The standard InChI is InChI=1S/C14H23N3O/c1-3-12(15)14(13-6-4-5-7-16-13)17-8-9-18-10-11(17)2/h4-7,11-12,14H,3,8-10,15H2,1-2H3. The van der Waals surface area contributed by atoms with E-state index in [0.717, 1.165) is 31.9 Å². The van der Waals surface area contributed by atoms with E-state index >= 15 is 0 Å². The molecule has 0 amide bonds. The lowest BCUT2D eigenvalue weighted by atomic mass is 9.98. The second kappa shape index (κ2) is 6.27. The highest BCUT2D eigenvalue weighted by Crippen LogP contribution is 2.26. The summed E-state index contributed by atoms with van der Waals surface area (Å²) in [4.78, 5) is 6.93. The molecule has 1 aliphatic rings. The molecule has 0 aromatic carbocycles. The molecule has 0 saturated carbocycles. The van der Waals surface area contributed by atoms with Crippen LogP contribution in [0.4, 0.5) is 0 Å². The van der Waals surface area contributed by atoms with Gasteiger partial charge in [0.25, 0.3) is 0 Å². The Balaban J connectivity index is 2.24. The summed E-state index contributed by atoms with van der Waals surface area (Å²) >= 11 is 0. The van der Waals surface area contributed by atoms with Gasteiger partial charge < -0.3 is 10.5 Å². The molecular weight excluding hydrogens is 226 g/mol. The highest BCUT2D eigenvalue weighted by molar-refractivity contribution is 5.12. The molecule has 1 aromatic rings. The molecule has 3 unspecified atom stereocenters. The van der Waals surface area contributed by atoms with Crippen LogP contribution in [-0.4, -0.2) is 41.7 Å². The van der Waals surface area contributed by atoms with Gasteiger partial charge in [-0.2, -0.15) is 0 Å². The number of morpholine rings is 1. The third-order valence-electron chi connectivity index (χ3n) is 3.64. The van der Waals surface area contributed by atoms with E-state index in [-0.39, 0.29) is 12.1 Å². The third-order valence-corrected chi connectivity index (χ3v) is 3.64. The van der Waals surface area contributed by atoms with Gasteiger partial charge in [-0.25, -0.2) is 0 Å². The van der Waals surface area contributed by atoms with E-state index in [2.05, 4.69) is 29.8 Å². The van der Waals surface area contributed by atoms with Crippen LogP contribution in [0.5, 0.6) is 0 Å². The fourth-order valence-electron chi connectivity index (χ4n) is 2.56. The van der Waals surface area contributed by atoms with Crippen LogP contribution < -0.4 is 5.73 Å². The minimum atomic E-state index is 0.112. The normalized spacial score (nSPS) is 24.7. The van der Waals surface area contributed by atoms with Crippen molar-refractivity contribution >= 4 is 0 Å².